The molecule has 0 atom stereocenters. The van der Waals surface area contributed by atoms with Gasteiger partial charge in [-0.1, -0.05) is 24.3 Å². The van der Waals surface area contributed by atoms with Crippen LogP contribution in [-0.4, -0.2) is 37.1 Å². The minimum absolute atomic E-state index is 0.0297. The summed E-state index contributed by atoms with van der Waals surface area (Å²) in [6, 6.07) is 15.5. The molecule has 5 nitrogen and oxygen atoms in total. The van der Waals surface area contributed by atoms with Gasteiger partial charge in [-0.05, 0) is 56.0 Å². The molecule has 0 bridgehead atoms. The zero-order valence-electron chi connectivity index (χ0n) is 18.6. The zero-order chi connectivity index (χ0) is 23.6. The summed E-state index contributed by atoms with van der Waals surface area (Å²) in [5, 5.41) is 7.07. The van der Waals surface area contributed by atoms with E-state index in [2.05, 4.69) is 15.6 Å². The lowest BCUT2D eigenvalue weighted by Gasteiger charge is -2.31. The Bertz CT molecular complexity index is 1140. The number of pyridine rings is 1. The van der Waals surface area contributed by atoms with Crippen LogP contribution in [-0.2, 0) is 6.18 Å². The van der Waals surface area contributed by atoms with E-state index in [1.807, 2.05) is 37.2 Å². The summed E-state index contributed by atoms with van der Waals surface area (Å²) in [5.74, 6) is -0.106. The van der Waals surface area contributed by atoms with Gasteiger partial charge in [0.05, 0.1) is 5.52 Å². The summed E-state index contributed by atoms with van der Waals surface area (Å²) in [4.78, 5) is 18.4. The molecule has 174 valence electrons. The second-order valence-electron chi connectivity index (χ2n) is 8.68. The Balaban J connectivity index is 1.40. The summed E-state index contributed by atoms with van der Waals surface area (Å²) in [6.45, 7) is 0. The summed E-state index contributed by atoms with van der Waals surface area (Å²) < 4.78 is 40.0. The number of hydrogen-bond acceptors (Lipinski definition) is 4. The fraction of sp³-hybridized carbons (Fsp3) is 0.360. The topological polar surface area (TPSA) is 57.3 Å². The number of carbonyl (C=O) groups excluding carboxylic acids is 1. The van der Waals surface area contributed by atoms with Crippen molar-refractivity contribution in [1.82, 2.24) is 10.3 Å². The molecule has 0 saturated heterocycles. The normalized spacial score (nSPS) is 18.7. The standard InChI is InChI=1S/C25H27F3N4O/c1-32(2)19-7-5-6-16(14-19)24(33)30-18-12-10-17(11-13-18)29-22-15-23(25(26,27)28)31-21-9-4-3-8-20(21)22/h3-9,14-15,17-18H,10-13H2,1-2H3,(H,29,31)(H,30,33). The van der Waals surface area contributed by atoms with Crippen LogP contribution in [0, 0.1) is 0 Å². The number of aromatic nitrogens is 1. The van der Waals surface area contributed by atoms with Crippen LogP contribution in [0.1, 0.15) is 41.7 Å². The lowest BCUT2D eigenvalue weighted by molar-refractivity contribution is -0.140. The number of para-hydroxylation sites is 1. The molecule has 2 N–H and O–H groups in total. The van der Waals surface area contributed by atoms with E-state index in [1.165, 1.54) is 0 Å². The number of rotatable bonds is 5. The highest BCUT2D eigenvalue weighted by Gasteiger charge is 2.34. The third-order valence-electron chi connectivity index (χ3n) is 6.05. The monoisotopic (exact) mass is 456 g/mol. The molecule has 0 unspecified atom stereocenters. The van der Waals surface area contributed by atoms with Crippen LogP contribution in [0.2, 0.25) is 0 Å². The zero-order valence-corrected chi connectivity index (χ0v) is 18.6. The summed E-state index contributed by atoms with van der Waals surface area (Å²) in [5.41, 5.74) is 1.43. The third-order valence-corrected chi connectivity index (χ3v) is 6.05. The molecule has 0 spiro atoms. The lowest BCUT2D eigenvalue weighted by atomic mass is 9.90. The number of carbonyl (C=O) groups is 1. The van der Waals surface area contributed by atoms with E-state index in [0.717, 1.165) is 37.4 Å². The van der Waals surface area contributed by atoms with Crippen LogP contribution in [0.25, 0.3) is 10.9 Å². The second-order valence-corrected chi connectivity index (χ2v) is 8.68. The minimum atomic E-state index is -4.51. The van der Waals surface area contributed by atoms with Gasteiger partial charge >= 0.3 is 6.18 Å². The van der Waals surface area contributed by atoms with Gasteiger partial charge in [-0.2, -0.15) is 13.2 Å². The van der Waals surface area contributed by atoms with Crippen LogP contribution in [0.4, 0.5) is 24.5 Å². The SMILES string of the molecule is CN(C)c1cccc(C(=O)NC2CCC(Nc3cc(C(F)(F)F)nc4ccccc34)CC2)c1. The highest BCUT2D eigenvalue weighted by atomic mass is 19.4. The van der Waals surface area contributed by atoms with Gasteiger partial charge in [-0.15, -0.1) is 0 Å². The summed E-state index contributed by atoms with van der Waals surface area (Å²) in [7, 11) is 3.85. The predicted molar refractivity (Wildman–Crippen MR) is 125 cm³/mol. The quantitative estimate of drug-likeness (QED) is 0.534. The number of nitrogens with one attached hydrogen (secondary N) is 2. The first kappa shape index (κ1) is 22.9. The number of halogens is 3. The van der Waals surface area contributed by atoms with Crippen molar-refractivity contribution in [2.75, 3.05) is 24.3 Å². The number of amides is 1. The van der Waals surface area contributed by atoms with Crippen molar-refractivity contribution in [1.29, 1.82) is 0 Å². The molecule has 33 heavy (non-hydrogen) atoms. The molecule has 2 aromatic carbocycles. The van der Waals surface area contributed by atoms with Crippen LogP contribution < -0.4 is 15.5 Å². The predicted octanol–water partition coefficient (Wildman–Crippen LogP) is 5.47. The van der Waals surface area contributed by atoms with Gasteiger partial charge in [0, 0.05) is 48.5 Å². The molecule has 1 heterocycles. The van der Waals surface area contributed by atoms with E-state index >= 15 is 0 Å². The van der Waals surface area contributed by atoms with Crippen LogP contribution >= 0.6 is 0 Å². The van der Waals surface area contributed by atoms with Crippen molar-refractivity contribution in [3.63, 3.8) is 0 Å². The van der Waals surface area contributed by atoms with Gasteiger partial charge in [0.25, 0.3) is 5.91 Å². The molecule has 0 aliphatic heterocycles. The van der Waals surface area contributed by atoms with Gasteiger partial charge in [0.1, 0.15) is 5.69 Å². The van der Waals surface area contributed by atoms with Crippen LogP contribution in [0.5, 0.6) is 0 Å². The van der Waals surface area contributed by atoms with Crippen molar-refractivity contribution in [2.45, 2.75) is 43.9 Å². The largest absolute Gasteiger partial charge is 0.433 e. The number of anilines is 2. The number of alkyl halides is 3. The van der Waals surface area contributed by atoms with Crippen LogP contribution in [0.15, 0.2) is 54.6 Å². The van der Waals surface area contributed by atoms with Gasteiger partial charge in [0.15, 0.2) is 0 Å². The maximum Gasteiger partial charge on any atom is 0.433 e. The van der Waals surface area contributed by atoms with E-state index < -0.39 is 11.9 Å². The highest BCUT2D eigenvalue weighted by molar-refractivity contribution is 5.95. The average molecular weight is 457 g/mol. The Hall–Kier alpha value is -3.29. The third kappa shape index (κ3) is 5.38. The molecular weight excluding hydrogens is 429 g/mol. The molecule has 3 aromatic rings. The number of fused-ring (bicyclic) bond motifs is 1. The summed E-state index contributed by atoms with van der Waals surface area (Å²) >= 11 is 0. The molecule has 1 amide bonds. The van der Waals surface area contributed by atoms with E-state index in [0.29, 0.717) is 22.2 Å². The van der Waals surface area contributed by atoms with Crippen molar-refractivity contribution >= 4 is 28.2 Å². The maximum atomic E-state index is 13.3. The average Bonchev–Trinajstić information content (AvgIpc) is 2.79. The summed E-state index contributed by atoms with van der Waals surface area (Å²) in [6.07, 6.45) is -1.49. The van der Waals surface area contributed by atoms with E-state index in [9.17, 15) is 18.0 Å². The van der Waals surface area contributed by atoms with Crippen molar-refractivity contribution in [2.24, 2.45) is 0 Å². The minimum Gasteiger partial charge on any atom is -0.382 e. The van der Waals surface area contributed by atoms with Crippen molar-refractivity contribution in [3.8, 4) is 0 Å². The van der Waals surface area contributed by atoms with E-state index in [4.69, 9.17) is 0 Å². The molecular formula is C25H27F3N4O. The fourth-order valence-electron chi connectivity index (χ4n) is 4.24. The Morgan fingerprint density at radius 3 is 2.36 bits per heavy atom. The Labute approximate surface area is 191 Å². The smallest absolute Gasteiger partial charge is 0.382 e. The van der Waals surface area contributed by atoms with Crippen molar-refractivity contribution in [3.05, 3.63) is 65.9 Å². The molecule has 8 heteroatoms. The second kappa shape index (κ2) is 9.29. The number of nitrogens with zero attached hydrogens (tertiary/aromatic N) is 2. The molecule has 0 radical (unpaired) electrons. The first-order chi connectivity index (χ1) is 15.7. The number of hydrogen-bond donors (Lipinski definition) is 2. The van der Waals surface area contributed by atoms with Gasteiger partial charge < -0.3 is 15.5 Å². The van der Waals surface area contributed by atoms with Gasteiger partial charge in [0.2, 0.25) is 0 Å². The Morgan fingerprint density at radius 2 is 1.67 bits per heavy atom. The van der Waals surface area contributed by atoms with Crippen LogP contribution in [0.3, 0.4) is 0 Å². The molecule has 1 aliphatic rings. The molecule has 1 aliphatic carbocycles. The van der Waals surface area contributed by atoms with Gasteiger partial charge in [-0.25, -0.2) is 4.98 Å². The first-order valence-electron chi connectivity index (χ1n) is 11.0. The molecule has 4 rings (SSSR count). The Kier molecular flexibility index (Phi) is 6.44. The maximum absolute atomic E-state index is 13.3. The molecule has 1 aromatic heterocycles. The fourth-order valence-corrected chi connectivity index (χ4v) is 4.24. The molecule has 1 fully saturated rings. The van der Waals surface area contributed by atoms with E-state index in [-0.39, 0.29) is 18.0 Å². The first-order valence-corrected chi connectivity index (χ1v) is 11.0. The van der Waals surface area contributed by atoms with E-state index in [1.54, 1.807) is 30.3 Å². The Morgan fingerprint density at radius 1 is 0.970 bits per heavy atom. The highest BCUT2D eigenvalue weighted by Crippen LogP contribution is 2.34. The lowest BCUT2D eigenvalue weighted by Crippen LogP contribution is -2.40. The van der Waals surface area contributed by atoms with Gasteiger partial charge in [-0.3, -0.25) is 4.79 Å². The molecule has 1 saturated carbocycles. The van der Waals surface area contributed by atoms with Crippen molar-refractivity contribution < 1.29 is 18.0 Å². The number of benzene rings is 2.